The van der Waals surface area contributed by atoms with E-state index in [-0.39, 0.29) is 0 Å². The fourth-order valence-corrected chi connectivity index (χ4v) is 2.62. The number of hydrogen-bond acceptors (Lipinski definition) is 3. The van der Waals surface area contributed by atoms with Crippen molar-refractivity contribution in [3.8, 4) is 0 Å². The summed E-state index contributed by atoms with van der Waals surface area (Å²) in [6.07, 6.45) is 3.63. The summed E-state index contributed by atoms with van der Waals surface area (Å²) in [5.74, 6) is 0.989. The fraction of sp³-hybridized carbons (Fsp3) is 0.500. The zero-order valence-corrected chi connectivity index (χ0v) is 10.8. The van der Waals surface area contributed by atoms with E-state index in [0.717, 1.165) is 24.6 Å². The molecule has 0 radical (unpaired) electrons. The monoisotopic (exact) mass is 244 g/mol. The van der Waals surface area contributed by atoms with Gasteiger partial charge in [0.15, 0.2) is 0 Å². The Labute approximate surface area is 107 Å². The van der Waals surface area contributed by atoms with Crippen LogP contribution in [0.2, 0.25) is 0 Å². The number of aryl methyl sites for hydroxylation is 1. The first-order valence-electron chi connectivity index (χ1n) is 6.73. The van der Waals surface area contributed by atoms with E-state index >= 15 is 0 Å². The maximum Gasteiger partial charge on any atom is 0.203 e. The fourth-order valence-electron chi connectivity index (χ4n) is 2.62. The quantitative estimate of drug-likeness (QED) is 0.850. The van der Waals surface area contributed by atoms with Crippen molar-refractivity contribution >= 4 is 17.0 Å². The Morgan fingerprint density at radius 3 is 3.06 bits per heavy atom. The van der Waals surface area contributed by atoms with Crippen molar-refractivity contribution in [2.75, 3.05) is 18.4 Å². The molecule has 1 aliphatic heterocycles. The van der Waals surface area contributed by atoms with Crippen molar-refractivity contribution in [3.05, 3.63) is 24.3 Å². The highest BCUT2D eigenvalue weighted by Crippen LogP contribution is 2.19. The zero-order chi connectivity index (χ0) is 12.4. The highest BCUT2D eigenvalue weighted by Gasteiger charge is 2.14. The van der Waals surface area contributed by atoms with Crippen LogP contribution in [0.1, 0.15) is 19.3 Å². The summed E-state index contributed by atoms with van der Waals surface area (Å²) in [5.41, 5.74) is 2.25. The van der Waals surface area contributed by atoms with Gasteiger partial charge >= 0.3 is 0 Å². The van der Waals surface area contributed by atoms with Gasteiger partial charge < -0.3 is 15.2 Å². The van der Waals surface area contributed by atoms with Crippen LogP contribution in [-0.4, -0.2) is 28.7 Å². The van der Waals surface area contributed by atoms with Crippen molar-refractivity contribution in [1.29, 1.82) is 0 Å². The van der Waals surface area contributed by atoms with Crippen molar-refractivity contribution in [2.45, 2.75) is 25.3 Å². The zero-order valence-electron chi connectivity index (χ0n) is 10.8. The lowest BCUT2D eigenvalue weighted by molar-refractivity contribution is 0.628. The summed E-state index contributed by atoms with van der Waals surface area (Å²) in [6.45, 7) is 2.24. The van der Waals surface area contributed by atoms with E-state index in [0.29, 0.717) is 6.04 Å². The van der Waals surface area contributed by atoms with Gasteiger partial charge in [-0.15, -0.1) is 0 Å². The number of rotatable bonds is 2. The molecule has 1 aromatic carbocycles. The Morgan fingerprint density at radius 2 is 2.17 bits per heavy atom. The average molecular weight is 244 g/mol. The van der Waals surface area contributed by atoms with Gasteiger partial charge in [0.05, 0.1) is 11.0 Å². The van der Waals surface area contributed by atoms with Crippen LogP contribution >= 0.6 is 0 Å². The maximum atomic E-state index is 4.67. The lowest BCUT2D eigenvalue weighted by Gasteiger charge is -2.16. The predicted molar refractivity (Wildman–Crippen MR) is 74.8 cm³/mol. The van der Waals surface area contributed by atoms with Crippen LogP contribution in [0.5, 0.6) is 0 Å². The Kier molecular flexibility index (Phi) is 3.19. The summed E-state index contributed by atoms with van der Waals surface area (Å²) in [4.78, 5) is 4.67. The summed E-state index contributed by atoms with van der Waals surface area (Å²) in [6, 6.07) is 8.81. The molecule has 1 aromatic heterocycles. The predicted octanol–water partition coefficient (Wildman–Crippen LogP) is 2.13. The third-order valence-corrected chi connectivity index (χ3v) is 3.70. The summed E-state index contributed by atoms with van der Waals surface area (Å²) in [7, 11) is 2.08. The number of fused-ring (bicyclic) bond motifs is 1. The van der Waals surface area contributed by atoms with Gasteiger partial charge in [-0.1, -0.05) is 12.1 Å². The van der Waals surface area contributed by atoms with Crippen LogP contribution in [0.15, 0.2) is 24.3 Å². The molecule has 1 saturated heterocycles. The van der Waals surface area contributed by atoms with Gasteiger partial charge in [0.2, 0.25) is 5.95 Å². The van der Waals surface area contributed by atoms with Crippen LogP contribution in [0.3, 0.4) is 0 Å². The number of anilines is 1. The number of hydrogen-bond donors (Lipinski definition) is 2. The van der Waals surface area contributed by atoms with Crippen LogP contribution in [0.25, 0.3) is 11.0 Å². The topological polar surface area (TPSA) is 41.9 Å². The SMILES string of the molecule is Cn1c(NC2CCCNCC2)nc2ccccc21. The van der Waals surface area contributed by atoms with Crippen LogP contribution in [-0.2, 0) is 7.05 Å². The molecule has 96 valence electrons. The number of benzene rings is 1. The summed E-state index contributed by atoms with van der Waals surface area (Å²) < 4.78 is 2.15. The highest BCUT2D eigenvalue weighted by atomic mass is 15.2. The van der Waals surface area contributed by atoms with Gasteiger partial charge in [-0.25, -0.2) is 4.98 Å². The molecule has 1 aliphatic rings. The van der Waals surface area contributed by atoms with Gasteiger partial charge in [0, 0.05) is 13.1 Å². The second kappa shape index (κ2) is 4.98. The molecule has 4 nitrogen and oxygen atoms in total. The van der Waals surface area contributed by atoms with E-state index in [9.17, 15) is 0 Å². The summed E-state index contributed by atoms with van der Waals surface area (Å²) >= 11 is 0. The molecule has 1 unspecified atom stereocenters. The van der Waals surface area contributed by atoms with Crippen molar-refractivity contribution in [2.24, 2.45) is 7.05 Å². The van der Waals surface area contributed by atoms with E-state index in [4.69, 9.17) is 0 Å². The molecule has 2 aromatic rings. The minimum atomic E-state index is 0.538. The lowest BCUT2D eigenvalue weighted by atomic mass is 10.1. The Bertz CT molecular complexity index is 524. The molecule has 1 atom stereocenters. The number of para-hydroxylation sites is 2. The molecular weight excluding hydrogens is 224 g/mol. The van der Waals surface area contributed by atoms with E-state index in [2.05, 4.69) is 45.4 Å². The molecule has 0 amide bonds. The average Bonchev–Trinajstić information content (AvgIpc) is 2.58. The van der Waals surface area contributed by atoms with E-state index in [1.54, 1.807) is 0 Å². The van der Waals surface area contributed by atoms with Crippen molar-refractivity contribution < 1.29 is 0 Å². The van der Waals surface area contributed by atoms with E-state index in [1.165, 1.54) is 24.8 Å². The molecule has 1 fully saturated rings. The van der Waals surface area contributed by atoms with Gasteiger partial charge in [-0.2, -0.15) is 0 Å². The molecule has 0 spiro atoms. The Hall–Kier alpha value is -1.55. The minimum Gasteiger partial charge on any atom is -0.353 e. The van der Waals surface area contributed by atoms with Crippen molar-refractivity contribution in [3.63, 3.8) is 0 Å². The van der Waals surface area contributed by atoms with Crippen LogP contribution < -0.4 is 10.6 Å². The smallest absolute Gasteiger partial charge is 0.203 e. The van der Waals surface area contributed by atoms with Crippen molar-refractivity contribution in [1.82, 2.24) is 14.9 Å². The van der Waals surface area contributed by atoms with E-state index < -0.39 is 0 Å². The number of imidazole rings is 1. The number of aromatic nitrogens is 2. The Balaban J connectivity index is 1.83. The maximum absolute atomic E-state index is 4.67. The highest BCUT2D eigenvalue weighted by molar-refractivity contribution is 5.78. The molecular formula is C14H20N4. The van der Waals surface area contributed by atoms with Crippen LogP contribution in [0.4, 0.5) is 5.95 Å². The third kappa shape index (κ3) is 2.20. The Morgan fingerprint density at radius 1 is 1.28 bits per heavy atom. The second-order valence-corrected chi connectivity index (χ2v) is 5.01. The van der Waals surface area contributed by atoms with Gasteiger partial charge in [-0.05, 0) is 44.5 Å². The third-order valence-electron chi connectivity index (χ3n) is 3.70. The second-order valence-electron chi connectivity index (χ2n) is 5.01. The first kappa shape index (κ1) is 11.5. The number of nitrogens with zero attached hydrogens (tertiary/aromatic N) is 2. The molecule has 2 heterocycles. The largest absolute Gasteiger partial charge is 0.353 e. The summed E-state index contributed by atoms with van der Waals surface area (Å²) in [5, 5.41) is 7.03. The molecule has 0 bridgehead atoms. The van der Waals surface area contributed by atoms with Gasteiger partial charge in [0.1, 0.15) is 0 Å². The molecule has 2 N–H and O–H groups in total. The normalized spacial score (nSPS) is 20.8. The van der Waals surface area contributed by atoms with Gasteiger partial charge in [0.25, 0.3) is 0 Å². The molecule has 0 aliphatic carbocycles. The van der Waals surface area contributed by atoms with Crippen LogP contribution in [0, 0.1) is 0 Å². The molecule has 18 heavy (non-hydrogen) atoms. The number of nitrogens with one attached hydrogen (secondary N) is 2. The molecule has 3 rings (SSSR count). The lowest BCUT2D eigenvalue weighted by Crippen LogP contribution is -2.23. The minimum absolute atomic E-state index is 0.538. The molecule has 4 heteroatoms. The molecule has 0 saturated carbocycles. The first-order valence-corrected chi connectivity index (χ1v) is 6.73. The standard InChI is InChI=1S/C14H20N4/c1-18-13-7-3-2-6-12(13)17-14(18)16-11-5-4-9-15-10-8-11/h2-3,6-7,11,15H,4-5,8-10H2,1H3,(H,16,17). The first-order chi connectivity index (χ1) is 8.84. The van der Waals surface area contributed by atoms with Gasteiger partial charge in [-0.3, -0.25) is 0 Å². The van der Waals surface area contributed by atoms with E-state index in [1.807, 2.05) is 6.07 Å².